The van der Waals surface area contributed by atoms with Gasteiger partial charge in [0.15, 0.2) is 16.6 Å². The van der Waals surface area contributed by atoms with Crippen LogP contribution in [0.1, 0.15) is 114 Å². The van der Waals surface area contributed by atoms with E-state index in [0.29, 0.717) is 36.4 Å². The molecule has 0 bridgehead atoms. The van der Waals surface area contributed by atoms with Gasteiger partial charge in [-0.2, -0.15) is 0 Å². The predicted molar refractivity (Wildman–Crippen MR) is 225 cm³/mol. The summed E-state index contributed by atoms with van der Waals surface area (Å²) in [5.74, 6) is 0. The lowest BCUT2D eigenvalue weighted by atomic mass is 9.98. The molecule has 50 heavy (non-hydrogen) atoms. The smallest absolute Gasteiger partial charge is 0.192 e. The lowest BCUT2D eigenvalue weighted by molar-refractivity contribution is 0.156. The van der Waals surface area contributed by atoms with Crippen molar-refractivity contribution < 1.29 is 8.85 Å². The van der Waals surface area contributed by atoms with Crippen LogP contribution in [-0.4, -0.2) is 40.9 Å². The summed E-state index contributed by atoms with van der Waals surface area (Å²) in [6.45, 7) is 23.3. The Bertz CT molecular complexity index is 1410. The molecule has 8 heteroatoms. The first-order chi connectivity index (χ1) is 23.3. The first-order valence-electron chi connectivity index (χ1n) is 19.1. The molecular formula is C42H64Br2N2O2Si2. The van der Waals surface area contributed by atoms with Crippen LogP contribution in [0, 0.1) is 0 Å². The maximum atomic E-state index is 6.69. The molecule has 0 saturated heterocycles. The van der Waals surface area contributed by atoms with E-state index >= 15 is 0 Å². The maximum Gasteiger partial charge on any atom is 0.192 e. The Balaban J connectivity index is 0.000000194. The highest BCUT2D eigenvalue weighted by molar-refractivity contribution is 9.12. The zero-order valence-corrected chi connectivity index (χ0v) is 37.6. The molecule has 0 saturated carbocycles. The van der Waals surface area contributed by atoms with Gasteiger partial charge in [0.1, 0.15) is 0 Å². The molecule has 0 heterocycles. The van der Waals surface area contributed by atoms with Gasteiger partial charge in [-0.25, -0.2) is 0 Å². The fraction of sp³-hybridized carbons (Fsp3) is 0.619. The van der Waals surface area contributed by atoms with Crippen LogP contribution >= 0.6 is 31.9 Å². The third-order valence-electron chi connectivity index (χ3n) is 12.4. The molecule has 2 N–H and O–H groups in total. The van der Waals surface area contributed by atoms with Crippen LogP contribution in [0.3, 0.4) is 0 Å². The summed E-state index contributed by atoms with van der Waals surface area (Å²) >= 11 is 7.61. The topological polar surface area (TPSA) is 42.5 Å². The molecule has 4 aliphatic rings. The van der Waals surface area contributed by atoms with Crippen molar-refractivity contribution in [1.82, 2.24) is 10.6 Å². The van der Waals surface area contributed by atoms with Crippen LogP contribution in [0.4, 0.5) is 0 Å². The molecule has 2 aromatic rings. The normalized spacial score (nSPS) is 27.1. The molecule has 0 unspecified atom stereocenters. The molecule has 4 nitrogen and oxygen atoms in total. The molecule has 6 rings (SSSR count). The molecule has 0 radical (unpaired) electrons. The third kappa shape index (κ3) is 9.82. The Morgan fingerprint density at radius 3 is 1.30 bits per heavy atom. The molecule has 2 aromatic carbocycles. The van der Waals surface area contributed by atoms with Gasteiger partial charge in [0.05, 0.1) is 12.2 Å². The summed E-state index contributed by atoms with van der Waals surface area (Å²) in [7, 11) is -3.44. The average molecular weight is 845 g/mol. The van der Waals surface area contributed by atoms with Crippen molar-refractivity contribution in [2.24, 2.45) is 0 Å². The molecule has 0 amide bonds. The number of benzene rings is 2. The Morgan fingerprint density at radius 2 is 0.940 bits per heavy atom. The zero-order chi connectivity index (χ0) is 36.5. The van der Waals surface area contributed by atoms with Crippen LogP contribution in [-0.2, 0) is 21.7 Å². The fourth-order valence-electron chi connectivity index (χ4n) is 7.34. The van der Waals surface area contributed by atoms with E-state index in [1.807, 2.05) is 0 Å². The number of rotatable bonds is 8. The number of halogens is 2. The van der Waals surface area contributed by atoms with E-state index in [2.05, 4.69) is 171 Å². The molecule has 0 spiro atoms. The second-order valence-corrected chi connectivity index (χ2v) is 29.5. The summed E-state index contributed by atoms with van der Waals surface area (Å²) in [4.78, 5) is 0. The van der Waals surface area contributed by atoms with Gasteiger partial charge in [-0.15, -0.1) is 0 Å². The summed E-state index contributed by atoms with van der Waals surface area (Å²) in [6.07, 6.45) is 14.2. The Hall–Kier alpha value is -0.846. The number of hydrogen-bond donors (Lipinski definition) is 2. The standard InChI is InChI=1S/2C21H32BrNOSi/c2*1-21(2,3)25(4,5)24-16-11-12-18(22)20(14-16)23-19-13-10-15-8-6-7-9-17(15)19/h2*6-9,12,16,19-20,23H,10-11,13-14H2,1-5H3/t2*16-,19-,20+/m00/s1. The lowest BCUT2D eigenvalue weighted by Gasteiger charge is -2.41. The van der Waals surface area contributed by atoms with E-state index in [1.165, 1.54) is 56.9 Å². The van der Waals surface area contributed by atoms with Crippen molar-refractivity contribution in [2.45, 2.75) is 166 Å². The van der Waals surface area contributed by atoms with Crippen LogP contribution in [0.5, 0.6) is 0 Å². The van der Waals surface area contributed by atoms with Crippen LogP contribution in [0.25, 0.3) is 0 Å². The fourth-order valence-corrected chi connectivity index (χ4v) is 11.1. The minimum atomic E-state index is -1.72. The van der Waals surface area contributed by atoms with Crippen LogP contribution in [0.2, 0.25) is 36.3 Å². The molecular weight excluding hydrogens is 780 g/mol. The van der Waals surface area contributed by atoms with Gasteiger partial charge in [-0.1, -0.05) is 134 Å². The van der Waals surface area contributed by atoms with Gasteiger partial charge in [0.25, 0.3) is 0 Å². The highest BCUT2D eigenvalue weighted by Crippen LogP contribution is 2.42. The summed E-state index contributed by atoms with van der Waals surface area (Å²) in [5, 5.41) is 8.32. The zero-order valence-electron chi connectivity index (χ0n) is 32.5. The monoisotopic (exact) mass is 842 g/mol. The summed E-state index contributed by atoms with van der Waals surface area (Å²) < 4.78 is 16.0. The van der Waals surface area contributed by atoms with Gasteiger partial charge >= 0.3 is 0 Å². The van der Waals surface area contributed by atoms with Gasteiger partial charge in [-0.05, 0) is 110 Å². The quantitative estimate of drug-likeness (QED) is 0.260. The van der Waals surface area contributed by atoms with Gasteiger partial charge in [-0.3, -0.25) is 0 Å². The van der Waals surface area contributed by atoms with E-state index in [4.69, 9.17) is 8.85 Å². The van der Waals surface area contributed by atoms with Crippen molar-refractivity contribution in [3.8, 4) is 0 Å². The van der Waals surface area contributed by atoms with Crippen molar-refractivity contribution >= 4 is 48.5 Å². The molecule has 6 atom stereocenters. The Kier molecular flexibility index (Phi) is 13.1. The third-order valence-corrected chi connectivity index (χ3v) is 23.2. The first kappa shape index (κ1) is 40.3. The van der Waals surface area contributed by atoms with Crippen LogP contribution < -0.4 is 10.6 Å². The Labute approximate surface area is 323 Å². The highest BCUT2D eigenvalue weighted by Gasteiger charge is 2.42. The number of nitrogens with one attached hydrogen (secondary N) is 2. The molecule has 0 fully saturated rings. The van der Waals surface area contributed by atoms with E-state index in [-0.39, 0.29) is 10.1 Å². The van der Waals surface area contributed by atoms with E-state index in [9.17, 15) is 0 Å². The highest BCUT2D eigenvalue weighted by atomic mass is 79.9. The molecule has 4 aliphatic carbocycles. The predicted octanol–water partition coefficient (Wildman–Crippen LogP) is 12.2. The first-order valence-corrected chi connectivity index (χ1v) is 26.5. The van der Waals surface area contributed by atoms with Crippen molar-refractivity contribution in [3.05, 3.63) is 91.9 Å². The van der Waals surface area contributed by atoms with E-state index in [1.54, 1.807) is 0 Å². The number of aryl methyl sites for hydroxylation is 2. The minimum Gasteiger partial charge on any atom is -0.414 e. The second kappa shape index (κ2) is 16.3. The minimum absolute atomic E-state index is 0.263. The number of hydrogen-bond acceptors (Lipinski definition) is 4. The summed E-state index contributed by atoms with van der Waals surface area (Å²) in [6, 6.07) is 19.4. The molecule has 0 aliphatic heterocycles. The molecule has 0 aromatic heterocycles. The summed E-state index contributed by atoms with van der Waals surface area (Å²) in [5.41, 5.74) is 5.97. The van der Waals surface area contributed by atoms with Gasteiger partial charge in [0, 0.05) is 33.1 Å². The van der Waals surface area contributed by atoms with Gasteiger partial charge < -0.3 is 19.5 Å². The van der Waals surface area contributed by atoms with E-state index < -0.39 is 16.6 Å². The largest absolute Gasteiger partial charge is 0.414 e. The maximum absolute atomic E-state index is 6.69. The lowest BCUT2D eigenvalue weighted by Crippen LogP contribution is -2.46. The van der Waals surface area contributed by atoms with Gasteiger partial charge in [0.2, 0.25) is 0 Å². The second-order valence-electron chi connectivity index (χ2n) is 18.1. The van der Waals surface area contributed by atoms with Crippen molar-refractivity contribution in [2.75, 3.05) is 0 Å². The Morgan fingerprint density at radius 1 is 0.580 bits per heavy atom. The van der Waals surface area contributed by atoms with Crippen LogP contribution in [0.15, 0.2) is 69.6 Å². The SMILES string of the molecule is CC(C)(C)[Si](C)(C)O[C@H]1CC=C(Br)[C@H](N[C@H]2CCc3ccccc32)C1.CC(C)(C)[Si](C)(C)O[C@H]1CC=C(Br)[C@H](N[C@H]2CCc3ccccc32)C1. The van der Waals surface area contributed by atoms with Crippen molar-refractivity contribution in [3.63, 3.8) is 0 Å². The van der Waals surface area contributed by atoms with E-state index in [0.717, 1.165) is 25.7 Å². The number of fused-ring (bicyclic) bond motifs is 2. The van der Waals surface area contributed by atoms with Crippen molar-refractivity contribution in [1.29, 1.82) is 0 Å². The molecule has 276 valence electrons. The average Bonchev–Trinajstić information content (AvgIpc) is 3.63.